The first kappa shape index (κ1) is 12.1. The van der Waals surface area contributed by atoms with Gasteiger partial charge in [0.1, 0.15) is 0 Å². The van der Waals surface area contributed by atoms with Crippen LogP contribution in [-0.2, 0) is 4.74 Å². The number of hydrogen-bond donors (Lipinski definition) is 2. The van der Waals surface area contributed by atoms with Crippen LogP contribution in [0.1, 0.15) is 45.4 Å². The van der Waals surface area contributed by atoms with Gasteiger partial charge in [0.05, 0.1) is 6.10 Å². The van der Waals surface area contributed by atoms with Gasteiger partial charge in [-0.1, -0.05) is 18.1 Å². The first-order valence-corrected chi connectivity index (χ1v) is 6.59. The highest BCUT2D eigenvalue weighted by atomic mass is 16.5. The van der Waals surface area contributed by atoms with Gasteiger partial charge in [0, 0.05) is 18.6 Å². The van der Waals surface area contributed by atoms with Gasteiger partial charge in [-0.05, 0) is 39.0 Å². The third-order valence-corrected chi connectivity index (χ3v) is 4.02. The van der Waals surface area contributed by atoms with Gasteiger partial charge in [0.25, 0.3) is 0 Å². The molecule has 0 aromatic rings. The SMILES string of the molecule is CC1OCCC1C(NN)C1=CCCCCC1. The molecule has 2 aliphatic rings. The zero-order valence-electron chi connectivity index (χ0n) is 10.2. The highest BCUT2D eigenvalue weighted by Gasteiger charge is 2.33. The van der Waals surface area contributed by atoms with Crippen LogP contribution < -0.4 is 11.3 Å². The van der Waals surface area contributed by atoms with Gasteiger partial charge < -0.3 is 4.74 Å². The first-order valence-electron chi connectivity index (χ1n) is 6.59. The van der Waals surface area contributed by atoms with E-state index in [0.29, 0.717) is 18.1 Å². The highest BCUT2D eigenvalue weighted by molar-refractivity contribution is 5.14. The van der Waals surface area contributed by atoms with E-state index in [4.69, 9.17) is 10.6 Å². The maximum atomic E-state index is 5.75. The van der Waals surface area contributed by atoms with Crippen molar-refractivity contribution in [1.29, 1.82) is 0 Å². The minimum absolute atomic E-state index is 0.329. The molecule has 0 amide bonds. The van der Waals surface area contributed by atoms with Crippen LogP contribution in [-0.4, -0.2) is 18.8 Å². The normalized spacial score (nSPS) is 33.2. The smallest absolute Gasteiger partial charge is 0.0594 e. The molecule has 0 aromatic heterocycles. The molecule has 1 aliphatic carbocycles. The van der Waals surface area contributed by atoms with E-state index < -0.39 is 0 Å². The van der Waals surface area contributed by atoms with E-state index in [1.807, 2.05) is 0 Å². The van der Waals surface area contributed by atoms with E-state index >= 15 is 0 Å². The summed E-state index contributed by atoms with van der Waals surface area (Å²) in [6.45, 7) is 3.05. The standard InChI is InChI=1S/C13H24N2O/c1-10-12(8-9-16-10)13(15-14)11-6-4-2-3-5-7-11/h6,10,12-13,15H,2-5,7-9,14H2,1H3. The van der Waals surface area contributed by atoms with Crippen molar-refractivity contribution in [2.24, 2.45) is 11.8 Å². The van der Waals surface area contributed by atoms with Gasteiger partial charge in [0.2, 0.25) is 0 Å². The summed E-state index contributed by atoms with van der Waals surface area (Å²) in [5.41, 5.74) is 4.54. The van der Waals surface area contributed by atoms with Crippen molar-refractivity contribution in [1.82, 2.24) is 5.43 Å². The van der Waals surface area contributed by atoms with Crippen LogP contribution in [0.3, 0.4) is 0 Å². The van der Waals surface area contributed by atoms with E-state index in [1.165, 1.54) is 37.7 Å². The lowest BCUT2D eigenvalue weighted by Crippen LogP contribution is -2.44. The fraction of sp³-hybridized carbons (Fsp3) is 0.846. The summed E-state index contributed by atoms with van der Waals surface area (Å²) < 4.78 is 5.65. The Morgan fingerprint density at radius 1 is 1.44 bits per heavy atom. The summed E-state index contributed by atoms with van der Waals surface area (Å²) in [5, 5.41) is 0. The predicted octanol–water partition coefficient (Wildman–Crippen LogP) is 2.13. The Balaban J connectivity index is 2.05. The molecule has 16 heavy (non-hydrogen) atoms. The molecular weight excluding hydrogens is 200 g/mol. The largest absolute Gasteiger partial charge is 0.378 e. The Kier molecular flexibility index (Phi) is 4.38. The van der Waals surface area contributed by atoms with Crippen LogP contribution in [0.2, 0.25) is 0 Å². The maximum Gasteiger partial charge on any atom is 0.0594 e. The van der Waals surface area contributed by atoms with E-state index in [-0.39, 0.29) is 0 Å². The Bertz CT molecular complexity index is 252. The van der Waals surface area contributed by atoms with Crippen LogP contribution in [0.5, 0.6) is 0 Å². The molecule has 0 spiro atoms. The fourth-order valence-electron chi connectivity index (χ4n) is 3.01. The Morgan fingerprint density at radius 2 is 2.31 bits per heavy atom. The third-order valence-electron chi connectivity index (χ3n) is 4.02. The molecule has 3 heteroatoms. The average Bonchev–Trinajstić information content (AvgIpc) is 2.57. The topological polar surface area (TPSA) is 47.3 Å². The predicted molar refractivity (Wildman–Crippen MR) is 65.8 cm³/mol. The van der Waals surface area contributed by atoms with Gasteiger partial charge in [-0.25, -0.2) is 0 Å². The van der Waals surface area contributed by atoms with Crippen LogP contribution in [0.15, 0.2) is 11.6 Å². The van der Waals surface area contributed by atoms with Crippen molar-refractivity contribution in [2.45, 2.75) is 57.6 Å². The Labute approximate surface area is 98.4 Å². The second-order valence-electron chi connectivity index (χ2n) is 5.05. The molecule has 92 valence electrons. The molecule has 1 heterocycles. The monoisotopic (exact) mass is 224 g/mol. The summed E-state index contributed by atoms with van der Waals surface area (Å²) in [7, 11) is 0. The number of ether oxygens (including phenoxy) is 1. The lowest BCUT2D eigenvalue weighted by molar-refractivity contribution is 0.0985. The molecule has 3 N–H and O–H groups in total. The highest BCUT2D eigenvalue weighted by Crippen LogP contribution is 2.30. The van der Waals surface area contributed by atoms with E-state index in [2.05, 4.69) is 18.4 Å². The third kappa shape index (κ3) is 2.65. The van der Waals surface area contributed by atoms with E-state index in [0.717, 1.165) is 13.0 Å². The van der Waals surface area contributed by atoms with Gasteiger partial charge in [-0.3, -0.25) is 11.3 Å². The maximum absolute atomic E-state index is 5.75. The molecule has 3 atom stereocenters. The molecular formula is C13H24N2O. The van der Waals surface area contributed by atoms with Crippen molar-refractivity contribution < 1.29 is 4.74 Å². The summed E-state index contributed by atoms with van der Waals surface area (Å²) in [4.78, 5) is 0. The number of nitrogens with one attached hydrogen (secondary N) is 1. The van der Waals surface area contributed by atoms with Gasteiger partial charge in [-0.15, -0.1) is 0 Å². The van der Waals surface area contributed by atoms with E-state index in [1.54, 1.807) is 0 Å². The molecule has 3 nitrogen and oxygen atoms in total. The van der Waals surface area contributed by atoms with Gasteiger partial charge in [-0.2, -0.15) is 0 Å². The summed E-state index contributed by atoms with van der Waals surface area (Å²) in [6.07, 6.45) is 10.3. The van der Waals surface area contributed by atoms with Crippen LogP contribution in [0.4, 0.5) is 0 Å². The molecule has 0 aromatic carbocycles. The summed E-state index contributed by atoms with van der Waals surface area (Å²) in [6, 6.07) is 0.329. The molecule has 0 saturated carbocycles. The number of nitrogens with two attached hydrogens (primary N) is 1. The van der Waals surface area contributed by atoms with Crippen molar-refractivity contribution >= 4 is 0 Å². The van der Waals surface area contributed by atoms with Crippen LogP contribution in [0.25, 0.3) is 0 Å². The van der Waals surface area contributed by atoms with Crippen molar-refractivity contribution in [3.05, 3.63) is 11.6 Å². The number of allylic oxidation sites excluding steroid dienone is 1. The summed E-state index contributed by atoms with van der Waals surface area (Å²) in [5.74, 6) is 6.30. The Morgan fingerprint density at radius 3 is 3.00 bits per heavy atom. The second kappa shape index (κ2) is 5.80. The fourth-order valence-corrected chi connectivity index (χ4v) is 3.01. The first-order chi connectivity index (χ1) is 7.83. The summed E-state index contributed by atoms with van der Waals surface area (Å²) >= 11 is 0. The number of hydrazine groups is 1. The number of hydrogen-bond acceptors (Lipinski definition) is 3. The zero-order valence-corrected chi connectivity index (χ0v) is 10.2. The lowest BCUT2D eigenvalue weighted by atomic mass is 9.86. The molecule has 0 radical (unpaired) electrons. The number of rotatable bonds is 3. The van der Waals surface area contributed by atoms with Crippen LogP contribution in [0, 0.1) is 5.92 Å². The minimum Gasteiger partial charge on any atom is -0.378 e. The molecule has 2 rings (SSSR count). The van der Waals surface area contributed by atoms with E-state index in [9.17, 15) is 0 Å². The Hall–Kier alpha value is -0.380. The molecule has 3 unspecified atom stereocenters. The molecule has 1 aliphatic heterocycles. The average molecular weight is 224 g/mol. The van der Waals surface area contributed by atoms with Crippen LogP contribution >= 0.6 is 0 Å². The van der Waals surface area contributed by atoms with Crippen molar-refractivity contribution in [3.63, 3.8) is 0 Å². The minimum atomic E-state index is 0.329. The van der Waals surface area contributed by atoms with Gasteiger partial charge >= 0.3 is 0 Å². The van der Waals surface area contributed by atoms with Gasteiger partial charge in [0.15, 0.2) is 0 Å². The lowest BCUT2D eigenvalue weighted by Gasteiger charge is -2.27. The molecule has 0 bridgehead atoms. The second-order valence-corrected chi connectivity index (χ2v) is 5.05. The van der Waals surface area contributed by atoms with Crippen molar-refractivity contribution in [3.8, 4) is 0 Å². The quantitative estimate of drug-likeness (QED) is 0.438. The van der Waals surface area contributed by atoms with Crippen molar-refractivity contribution in [2.75, 3.05) is 6.61 Å². The molecule has 1 saturated heterocycles. The zero-order chi connectivity index (χ0) is 11.4. The molecule has 1 fully saturated rings.